The van der Waals surface area contributed by atoms with Crippen molar-refractivity contribution in [1.82, 2.24) is 0 Å². The van der Waals surface area contributed by atoms with E-state index in [1.807, 2.05) is 30.3 Å². The number of hydrogen-bond donors (Lipinski definition) is 3. The summed E-state index contributed by atoms with van der Waals surface area (Å²) in [7, 11) is 0. The molecule has 2 rings (SSSR count). The van der Waals surface area contributed by atoms with E-state index in [0.29, 0.717) is 19.4 Å². The van der Waals surface area contributed by atoms with Crippen LogP contribution in [0, 0.1) is 0 Å². The van der Waals surface area contributed by atoms with Crippen LogP contribution >= 0.6 is 0 Å². The van der Waals surface area contributed by atoms with Gasteiger partial charge in [-0.3, -0.25) is 0 Å². The number of rotatable bonds is 8. The van der Waals surface area contributed by atoms with Gasteiger partial charge >= 0.3 is 0 Å². The van der Waals surface area contributed by atoms with E-state index < -0.39 is 0 Å². The van der Waals surface area contributed by atoms with Gasteiger partial charge in [0.1, 0.15) is 5.75 Å². The van der Waals surface area contributed by atoms with Gasteiger partial charge in [-0.1, -0.05) is 30.3 Å². The van der Waals surface area contributed by atoms with E-state index in [-0.39, 0.29) is 18.1 Å². The average Bonchev–Trinajstić information content (AvgIpc) is 2.53. The smallest absolute Gasteiger partial charge is 0.160 e. The highest BCUT2D eigenvalue weighted by molar-refractivity contribution is 5.44. The van der Waals surface area contributed by atoms with Crippen molar-refractivity contribution in [3.63, 3.8) is 0 Å². The van der Waals surface area contributed by atoms with Gasteiger partial charge in [-0.15, -0.1) is 0 Å². The van der Waals surface area contributed by atoms with Gasteiger partial charge < -0.3 is 20.1 Å². The molecule has 0 aliphatic carbocycles. The van der Waals surface area contributed by atoms with E-state index in [1.54, 1.807) is 6.07 Å². The monoisotopic (exact) mass is 302 g/mol. The van der Waals surface area contributed by atoms with E-state index in [0.717, 1.165) is 29.7 Å². The maximum Gasteiger partial charge on any atom is 0.160 e. The van der Waals surface area contributed by atoms with Gasteiger partial charge in [0.15, 0.2) is 11.5 Å². The molecule has 0 saturated carbocycles. The van der Waals surface area contributed by atoms with Crippen molar-refractivity contribution in [1.29, 1.82) is 0 Å². The minimum absolute atomic E-state index is 0.0324. The fourth-order valence-corrected chi connectivity index (χ4v) is 2.35. The molecule has 0 radical (unpaired) electrons. The lowest BCUT2D eigenvalue weighted by Crippen LogP contribution is -2.02. The third-order valence-electron chi connectivity index (χ3n) is 3.52. The van der Waals surface area contributed by atoms with Crippen molar-refractivity contribution in [3.8, 4) is 17.2 Å². The molecule has 0 bridgehead atoms. The van der Waals surface area contributed by atoms with Crippen molar-refractivity contribution >= 4 is 0 Å². The summed E-state index contributed by atoms with van der Waals surface area (Å²) in [6.07, 6.45) is 2.97. The van der Waals surface area contributed by atoms with Crippen LogP contribution in [-0.4, -0.2) is 28.5 Å². The second-order valence-electron chi connectivity index (χ2n) is 5.17. The second-order valence-corrected chi connectivity index (χ2v) is 5.17. The number of ether oxygens (including phenoxy) is 1. The van der Waals surface area contributed by atoms with Crippen molar-refractivity contribution in [2.24, 2.45) is 0 Å². The highest BCUT2D eigenvalue weighted by Gasteiger charge is 2.07. The Morgan fingerprint density at radius 1 is 0.818 bits per heavy atom. The third-order valence-corrected chi connectivity index (χ3v) is 3.52. The predicted molar refractivity (Wildman–Crippen MR) is 85.4 cm³/mol. The molecule has 2 aromatic rings. The van der Waals surface area contributed by atoms with Crippen molar-refractivity contribution < 1.29 is 20.1 Å². The number of phenols is 2. The van der Waals surface area contributed by atoms with Crippen LogP contribution in [0.15, 0.2) is 42.5 Å². The first kappa shape index (κ1) is 16.2. The molecule has 0 fully saturated rings. The number of benzene rings is 2. The number of aryl methyl sites for hydroxylation is 2. The van der Waals surface area contributed by atoms with Crippen LogP contribution in [-0.2, 0) is 12.8 Å². The third kappa shape index (κ3) is 4.40. The summed E-state index contributed by atoms with van der Waals surface area (Å²) < 4.78 is 5.67. The Labute approximate surface area is 130 Å². The van der Waals surface area contributed by atoms with E-state index in [1.165, 1.54) is 6.07 Å². The summed E-state index contributed by atoms with van der Waals surface area (Å²) >= 11 is 0. The van der Waals surface area contributed by atoms with Crippen molar-refractivity contribution in [2.75, 3.05) is 13.2 Å². The van der Waals surface area contributed by atoms with E-state index in [9.17, 15) is 10.2 Å². The minimum atomic E-state index is -0.0785. The molecule has 22 heavy (non-hydrogen) atoms. The first-order valence-electron chi connectivity index (χ1n) is 7.53. The number of aliphatic hydroxyl groups excluding tert-OH is 1. The number of aromatic hydroxyl groups is 2. The van der Waals surface area contributed by atoms with Crippen LogP contribution in [0.3, 0.4) is 0 Å². The number of hydrogen-bond acceptors (Lipinski definition) is 4. The Hall–Kier alpha value is -2.20. The van der Waals surface area contributed by atoms with Crippen LogP contribution in [0.5, 0.6) is 17.2 Å². The number of phenolic OH excluding ortho intramolecular Hbond substituents is 2. The fourth-order valence-electron chi connectivity index (χ4n) is 2.35. The summed E-state index contributed by atoms with van der Waals surface area (Å²) in [5.41, 5.74) is 1.86. The van der Waals surface area contributed by atoms with E-state index in [4.69, 9.17) is 9.84 Å². The van der Waals surface area contributed by atoms with Gasteiger partial charge in [0.25, 0.3) is 0 Å². The molecule has 2 aromatic carbocycles. The molecule has 4 nitrogen and oxygen atoms in total. The number of para-hydroxylation sites is 2. The van der Waals surface area contributed by atoms with Crippen molar-refractivity contribution in [3.05, 3.63) is 53.6 Å². The zero-order valence-corrected chi connectivity index (χ0v) is 12.5. The molecule has 118 valence electrons. The molecule has 0 amide bonds. The molecule has 0 aromatic heterocycles. The van der Waals surface area contributed by atoms with Gasteiger partial charge in [-0.25, -0.2) is 0 Å². The first-order valence-corrected chi connectivity index (χ1v) is 7.53. The van der Waals surface area contributed by atoms with E-state index >= 15 is 0 Å². The Bertz CT molecular complexity index is 595. The molecular weight excluding hydrogens is 280 g/mol. The predicted octanol–water partition coefficient (Wildman–Crippen LogP) is 3.03. The zero-order valence-electron chi connectivity index (χ0n) is 12.5. The van der Waals surface area contributed by atoms with Crippen molar-refractivity contribution in [2.45, 2.75) is 25.7 Å². The molecule has 4 heteroatoms. The Balaban J connectivity index is 1.92. The van der Waals surface area contributed by atoms with Crippen LogP contribution in [0.1, 0.15) is 24.0 Å². The maximum atomic E-state index is 9.79. The van der Waals surface area contributed by atoms with Gasteiger partial charge in [-0.05, 0) is 42.5 Å². The van der Waals surface area contributed by atoms with Gasteiger partial charge in [0.2, 0.25) is 0 Å². The summed E-state index contributed by atoms with van der Waals surface area (Å²) in [6.45, 7) is 0.625. The van der Waals surface area contributed by atoms with Gasteiger partial charge in [-0.2, -0.15) is 0 Å². The van der Waals surface area contributed by atoms with Crippen LogP contribution < -0.4 is 4.74 Å². The van der Waals surface area contributed by atoms with Crippen LogP contribution in [0.4, 0.5) is 0 Å². The van der Waals surface area contributed by atoms with Gasteiger partial charge in [0, 0.05) is 13.0 Å². The highest BCUT2D eigenvalue weighted by atomic mass is 16.5. The molecule has 0 aliphatic rings. The van der Waals surface area contributed by atoms with E-state index in [2.05, 4.69) is 0 Å². The number of aliphatic hydroxyl groups is 1. The zero-order chi connectivity index (χ0) is 15.8. The molecule has 0 atom stereocenters. The van der Waals surface area contributed by atoms with Crippen LogP contribution in [0.2, 0.25) is 0 Å². The lowest BCUT2D eigenvalue weighted by atomic mass is 10.0. The molecular formula is C18H22O4. The average molecular weight is 302 g/mol. The Morgan fingerprint density at radius 3 is 2.36 bits per heavy atom. The highest BCUT2D eigenvalue weighted by Crippen LogP contribution is 2.29. The van der Waals surface area contributed by atoms with Gasteiger partial charge in [0.05, 0.1) is 6.61 Å². The van der Waals surface area contributed by atoms with Crippen LogP contribution in [0.25, 0.3) is 0 Å². The molecule has 0 aliphatic heterocycles. The SMILES string of the molecule is OCCCOc1ccccc1CCCc1cccc(O)c1O. The Kier molecular flexibility index (Phi) is 6.10. The largest absolute Gasteiger partial charge is 0.504 e. The summed E-state index contributed by atoms with van der Waals surface area (Å²) in [4.78, 5) is 0. The maximum absolute atomic E-state index is 9.79. The first-order chi connectivity index (χ1) is 10.7. The summed E-state index contributed by atoms with van der Waals surface area (Å²) in [6, 6.07) is 12.9. The molecule has 0 unspecified atom stereocenters. The lowest BCUT2D eigenvalue weighted by Gasteiger charge is -2.11. The lowest BCUT2D eigenvalue weighted by molar-refractivity contribution is 0.232. The summed E-state index contributed by atoms with van der Waals surface area (Å²) in [5, 5.41) is 28.1. The quantitative estimate of drug-likeness (QED) is 0.518. The standard InChI is InChI=1S/C18H22O4/c19-12-5-13-22-17-11-2-1-6-14(17)7-3-8-15-9-4-10-16(20)18(15)21/h1-2,4,6,9-11,19-21H,3,5,7-8,12-13H2. The Morgan fingerprint density at radius 2 is 1.55 bits per heavy atom. The molecule has 3 N–H and O–H groups in total. The normalized spacial score (nSPS) is 10.6. The molecule has 0 heterocycles. The second kappa shape index (κ2) is 8.29. The minimum Gasteiger partial charge on any atom is -0.504 e. The molecule has 0 saturated heterocycles. The summed E-state index contributed by atoms with van der Waals surface area (Å²) in [5.74, 6) is 0.733. The topological polar surface area (TPSA) is 69.9 Å². The fraction of sp³-hybridized carbons (Fsp3) is 0.333. The molecule has 0 spiro atoms.